The SMILES string of the molecule is COc1cc(C2(C)C(=O)Nc3nc(-c4cn5ccnc5c(Cc5ccccc5F)n4)nc(N)c32)ccc1C(F)(F)F. The van der Waals surface area contributed by atoms with Gasteiger partial charge in [-0.15, -0.1) is 0 Å². The number of rotatable bonds is 5. The zero-order valence-corrected chi connectivity index (χ0v) is 21.6. The van der Waals surface area contributed by atoms with Crippen LogP contribution in [0.3, 0.4) is 0 Å². The summed E-state index contributed by atoms with van der Waals surface area (Å²) < 4.78 is 61.4. The fourth-order valence-electron chi connectivity index (χ4n) is 5.08. The van der Waals surface area contributed by atoms with Crippen LogP contribution in [0.2, 0.25) is 0 Å². The van der Waals surface area contributed by atoms with Crippen molar-refractivity contribution in [2.75, 3.05) is 18.2 Å². The highest BCUT2D eigenvalue weighted by molar-refractivity contribution is 6.09. The molecule has 0 saturated heterocycles. The molecule has 1 unspecified atom stereocenters. The van der Waals surface area contributed by atoms with Gasteiger partial charge >= 0.3 is 6.18 Å². The first kappa shape index (κ1) is 26.2. The van der Waals surface area contributed by atoms with Crippen LogP contribution in [-0.4, -0.2) is 37.4 Å². The number of ether oxygens (including phenoxy) is 1. The van der Waals surface area contributed by atoms with E-state index >= 15 is 0 Å². The van der Waals surface area contributed by atoms with E-state index in [0.717, 1.165) is 19.2 Å². The highest BCUT2D eigenvalue weighted by atomic mass is 19.4. The lowest BCUT2D eigenvalue weighted by molar-refractivity contribution is -0.138. The molecule has 1 atom stereocenters. The summed E-state index contributed by atoms with van der Waals surface area (Å²) in [5.74, 6) is -1.25. The number of carbonyl (C=O) groups excluding carboxylic acids is 1. The van der Waals surface area contributed by atoms with Crippen molar-refractivity contribution >= 4 is 23.2 Å². The Morgan fingerprint density at radius 1 is 1.12 bits per heavy atom. The van der Waals surface area contributed by atoms with E-state index in [1.54, 1.807) is 41.2 Å². The van der Waals surface area contributed by atoms with Gasteiger partial charge in [0.25, 0.3) is 0 Å². The zero-order chi connectivity index (χ0) is 29.1. The molecule has 0 spiro atoms. The molecule has 1 amide bonds. The molecule has 2 aromatic carbocycles. The topological polar surface area (TPSA) is 120 Å². The standard InChI is InChI=1S/C28H21F4N7O2/c1-27(15-7-8-16(28(30,31)32)20(12-15)41-2)21-22(33)36-23(37-24(21)38-26(27)40)19-13-39-10-9-34-25(39)18(35-19)11-14-5-3-4-6-17(14)29/h3-10,12-13H,11H2,1-2H3,(H3,33,36,37,38,40). The Morgan fingerprint density at radius 2 is 1.90 bits per heavy atom. The van der Waals surface area contributed by atoms with E-state index < -0.39 is 28.8 Å². The molecule has 41 heavy (non-hydrogen) atoms. The quantitative estimate of drug-likeness (QED) is 0.295. The van der Waals surface area contributed by atoms with Gasteiger partial charge in [-0.2, -0.15) is 13.2 Å². The molecule has 208 valence electrons. The molecule has 3 aromatic heterocycles. The summed E-state index contributed by atoms with van der Waals surface area (Å²) in [4.78, 5) is 31.2. The van der Waals surface area contributed by atoms with Gasteiger partial charge in [0, 0.05) is 25.0 Å². The van der Waals surface area contributed by atoms with E-state index in [9.17, 15) is 22.4 Å². The van der Waals surface area contributed by atoms with E-state index in [2.05, 4.69) is 25.3 Å². The number of aromatic nitrogens is 5. The summed E-state index contributed by atoms with van der Waals surface area (Å²) in [7, 11) is 1.12. The van der Waals surface area contributed by atoms with Crippen LogP contribution in [0.5, 0.6) is 5.75 Å². The second-order valence-electron chi connectivity index (χ2n) is 9.65. The minimum absolute atomic E-state index is 0.0621. The van der Waals surface area contributed by atoms with Gasteiger partial charge in [-0.3, -0.25) is 4.79 Å². The maximum atomic E-state index is 14.4. The van der Waals surface area contributed by atoms with Crippen LogP contribution < -0.4 is 15.8 Å². The van der Waals surface area contributed by atoms with Crippen molar-refractivity contribution in [2.24, 2.45) is 0 Å². The Labute approximate surface area is 230 Å². The molecule has 0 bridgehead atoms. The Bertz CT molecular complexity index is 1850. The number of methoxy groups -OCH3 is 1. The Kier molecular flexibility index (Phi) is 5.90. The summed E-state index contributed by atoms with van der Waals surface area (Å²) in [5.41, 5.74) is 6.01. The van der Waals surface area contributed by atoms with Gasteiger partial charge in [-0.25, -0.2) is 24.3 Å². The average Bonchev–Trinajstić information content (AvgIpc) is 3.51. The third-order valence-electron chi connectivity index (χ3n) is 7.20. The lowest BCUT2D eigenvalue weighted by Crippen LogP contribution is -2.33. The number of nitrogen functional groups attached to an aromatic ring is 1. The van der Waals surface area contributed by atoms with Crippen molar-refractivity contribution in [3.8, 4) is 17.3 Å². The number of hydrogen-bond donors (Lipinski definition) is 2. The number of nitrogens with zero attached hydrogens (tertiary/aromatic N) is 5. The number of halogens is 4. The van der Waals surface area contributed by atoms with Crippen LogP contribution in [-0.2, 0) is 22.8 Å². The number of carbonyl (C=O) groups is 1. The lowest BCUT2D eigenvalue weighted by atomic mass is 9.77. The van der Waals surface area contributed by atoms with Crippen molar-refractivity contribution in [3.63, 3.8) is 0 Å². The summed E-state index contributed by atoms with van der Waals surface area (Å²) in [6.07, 6.45) is 0.398. The predicted molar refractivity (Wildman–Crippen MR) is 141 cm³/mol. The molecular formula is C28H21F4N7O2. The first-order valence-electron chi connectivity index (χ1n) is 12.3. The Morgan fingerprint density at radius 3 is 2.63 bits per heavy atom. The van der Waals surface area contributed by atoms with Crippen molar-refractivity contribution in [3.05, 3.63) is 94.8 Å². The predicted octanol–water partition coefficient (Wildman–Crippen LogP) is 4.78. The van der Waals surface area contributed by atoms with E-state index in [1.807, 2.05) is 0 Å². The molecule has 1 aliphatic heterocycles. The van der Waals surface area contributed by atoms with Crippen LogP contribution in [0.4, 0.5) is 29.2 Å². The molecule has 13 heteroatoms. The van der Waals surface area contributed by atoms with Gasteiger partial charge in [0.2, 0.25) is 5.91 Å². The van der Waals surface area contributed by atoms with Gasteiger partial charge in [-0.1, -0.05) is 24.3 Å². The van der Waals surface area contributed by atoms with Crippen LogP contribution >= 0.6 is 0 Å². The average molecular weight is 564 g/mol. The molecule has 9 nitrogen and oxygen atoms in total. The fraction of sp³-hybridized carbons (Fsp3) is 0.179. The number of hydrogen-bond acceptors (Lipinski definition) is 7. The first-order valence-corrected chi connectivity index (χ1v) is 12.3. The van der Waals surface area contributed by atoms with Crippen LogP contribution in [0, 0.1) is 5.82 Å². The van der Waals surface area contributed by atoms with Crippen LogP contribution in [0.25, 0.3) is 17.2 Å². The van der Waals surface area contributed by atoms with Crippen LogP contribution in [0.15, 0.2) is 61.1 Å². The number of anilines is 2. The number of nitrogens with two attached hydrogens (primary N) is 1. The number of nitrogens with one attached hydrogen (secondary N) is 1. The summed E-state index contributed by atoms with van der Waals surface area (Å²) in [6, 6.07) is 9.56. The normalized spacial score (nSPS) is 16.6. The smallest absolute Gasteiger partial charge is 0.419 e. The first-order chi connectivity index (χ1) is 19.5. The maximum absolute atomic E-state index is 14.4. The molecule has 4 heterocycles. The fourth-order valence-corrected chi connectivity index (χ4v) is 5.08. The molecule has 0 fully saturated rings. The van der Waals surface area contributed by atoms with E-state index in [4.69, 9.17) is 10.5 Å². The number of benzene rings is 2. The number of amides is 1. The van der Waals surface area contributed by atoms with Crippen LogP contribution in [0.1, 0.15) is 34.9 Å². The lowest BCUT2D eigenvalue weighted by Gasteiger charge is -2.25. The van der Waals surface area contributed by atoms with Crippen molar-refractivity contribution in [1.82, 2.24) is 24.3 Å². The van der Waals surface area contributed by atoms with E-state index in [-0.39, 0.29) is 46.5 Å². The minimum Gasteiger partial charge on any atom is -0.496 e. The Balaban J connectivity index is 1.45. The largest absolute Gasteiger partial charge is 0.496 e. The number of alkyl halides is 3. The summed E-state index contributed by atoms with van der Waals surface area (Å²) in [5, 5.41) is 2.68. The zero-order valence-electron chi connectivity index (χ0n) is 21.6. The number of fused-ring (bicyclic) bond motifs is 2. The summed E-state index contributed by atoms with van der Waals surface area (Å²) in [6.45, 7) is 1.53. The second kappa shape index (κ2) is 9.25. The molecule has 5 aromatic rings. The van der Waals surface area contributed by atoms with Gasteiger partial charge in [0.1, 0.15) is 34.3 Å². The molecule has 0 radical (unpaired) electrons. The van der Waals surface area contributed by atoms with Crippen molar-refractivity contribution in [2.45, 2.75) is 24.9 Å². The van der Waals surface area contributed by atoms with E-state index in [0.29, 0.717) is 16.9 Å². The Hall–Kier alpha value is -5.07. The molecule has 1 aliphatic rings. The van der Waals surface area contributed by atoms with Crippen molar-refractivity contribution in [1.29, 1.82) is 0 Å². The minimum atomic E-state index is -4.65. The molecule has 3 N–H and O–H groups in total. The van der Waals surface area contributed by atoms with Gasteiger partial charge < -0.3 is 20.2 Å². The molecule has 0 saturated carbocycles. The van der Waals surface area contributed by atoms with E-state index in [1.165, 1.54) is 19.1 Å². The molecule has 6 rings (SSSR count). The third-order valence-corrected chi connectivity index (χ3v) is 7.20. The monoisotopic (exact) mass is 563 g/mol. The van der Waals surface area contributed by atoms with Gasteiger partial charge in [-0.05, 0) is 36.2 Å². The second-order valence-corrected chi connectivity index (χ2v) is 9.65. The molecule has 0 aliphatic carbocycles. The highest BCUT2D eigenvalue weighted by Crippen LogP contribution is 2.47. The third kappa shape index (κ3) is 4.20. The van der Waals surface area contributed by atoms with Gasteiger partial charge in [0.15, 0.2) is 11.5 Å². The molecular weight excluding hydrogens is 542 g/mol. The van der Waals surface area contributed by atoms with Gasteiger partial charge in [0.05, 0.1) is 23.9 Å². The number of imidazole rings is 1. The maximum Gasteiger partial charge on any atom is 0.419 e. The van der Waals surface area contributed by atoms with Crippen molar-refractivity contribution < 1.29 is 27.1 Å². The summed E-state index contributed by atoms with van der Waals surface area (Å²) >= 11 is 0. The highest BCUT2D eigenvalue weighted by Gasteiger charge is 2.48.